The molecule has 0 aliphatic rings. The molecule has 0 unspecified atom stereocenters. The van der Waals surface area contributed by atoms with Gasteiger partial charge in [-0.1, -0.05) is 30.3 Å². The SMILES string of the molecule is CN(CC(=O)Nc1ccc(OC(F)F)c(Cc2ccccc2)c1)S(=O)(=O)c1cccnc1. The number of benzene rings is 2. The summed E-state index contributed by atoms with van der Waals surface area (Å²) in [5, 5.41) is 2.60. The number of nitrogens with one attached hydrogen (secondary N) is 1. The van der Waals surface area contributed by atoms with Crippen molar-refractivity contribution in [2.75, 3.05) is 18.9 Å². The molecule has 0 saturated heterocycles. The highest BCUT2D eigenvalue weighted by Crippen LogP contribution is 2.27. The summed E-state index contributed by atoms with van der Waals surface area (Å²) in [5.41, 5.74) is 1.65. The van der Waals surface area contributed by atoms with Crippen molar-refractivity contribution >= 4 is 21.6 Å². The van der Waals surface area contributed by atoms with Crippen LogP contribution in [0.25, 0.3) is 0 Å². The van der Waals surface area contributed by atoms with Crippen molar-refractivity contribution in [2.24, 2.45) is 0 Å². The number of alkyl halides is 2. The lowest BCUT2D eigenvalue weighted by Gasteiger charge is -2.17. The van der Waals surface area contributed by atoms with Crippen molar-refractivity contribution in [3.8, 4) is 5.75 Å². The quantitative estimate of drug-likeness (QED) is 0.527. The Kier molecular flexibility index (Phi) is 7.49. The molecule has 0 bridgehead atoms. The predicted octanol–water partition coefficient (Wildman–Crippen LogP) is 3.53. The number of halogens is 2. The monoisotopic (exact) mass is 461 g/mol. The van der Waals surface area contributed by atoms with Crippen LogP contribution in [0.3, 0.4) is 0 Å². The molecule has 0 spiro atoms. The minimum Gasteiger partial charge on any atom is -0.435 e. The number of anilines is 1. The number of rotatable bonds is 9. The lowest BCUT2D eigenvalue weighted by molar-refractivity contribution is -0.116. The number of hydrogen-bond acceptors (Lipinski definition) is 5. The molecule has 1 N–H and O–H groups in total. The Bertz CT molecular complexity index is 1160. The lowest BCUT2D eigenvalue weighted by atomic mass is 10.0. The molecule has 0 fully saturated rings. The van der Waals surface area contributed by atoms with E-state index in [9.17, 15) is 22.0 Å². The number of nitrogens with zero attached hydrogens (tertiary/aromatic N) is 2. The average Bonchev–Trinajstić information content (AvgIpc) is 2.76. The van der Waals surface area contributed by atoms with Crippen LogP contribution in [0.15, 0.2) is 78.0 Å². The number of likely N-dealkylation sites (N-methyl/N-ethyl adjacent to an activating group) is 1. The highest BCUT2D eigenvalue weighted by molar-refractivity contribution is 7.89. The van der Waals surface area contributed by atoms with Crippen molar-refractivity contribution in [1.82, 2.24) is 9.29 Å². The summed E-state index contributed by atoms with van der Waals surface area (Å²) in [4.78, 5) is 16.2. The summed E-state index contributed by atoms with van der Waals surface area (Å²) in [6.45, 7) is -3.43. The second-order valence-electron chi connectivity index (χ2n) is 6.86. The third kappa shape index (κ3) is 6.08. The third-order valence-corrected chi connectivity index (χ3v) is 6.29. The summed E-state index contributed by atoms with van der Waals surface area (Å²) in [5.74, 6) is -0.591. The third-order valence-electron chi connectivity index (χ3n) is 4.51. The van der Waals surface area contributed by atoms with Gasteiger partial charge < -0.3 is 10.1 Å². The van der Waals surface area contributed by atoms with Crippen LogP contribution in [0.1, 0.15) is 11.1 Å². The minimum absolute atomic E-state index is 0.00174. The fourth-order valence-corrected chi connectivity index (χ4v) is 4.08. The van der Waals surface area contributed by atoms with Crippen LogP contribution in [-0.2, 0) is 21.2 Å². The zero-order chi connectivity index (χ0) is 23.1. The van der Waals surface area contributed by atoms with Crippen molar-refractivity contribution in [3.05, 3.63) is 84.2 Å². The molecule has 7 nitrogen and oxygen atoms in total. The van der Waals surface area contributed by atoms with Crippen molar-refractivity contribution in [1.29, 1.82) is 0 Å². The largest absolute Gasteiger partial charge is 0.435 e. The molecule has 0 atom stereocenters. The van der Waals surface area contributed by atoms with Crippen molar-refractivity contribution in [3.63, 3.8) is 0 Å². The normalized spacial score (nSPS) is 11.5. The Hall–Kier alpha value is -3.37. The van der Waals surface area contributed by atoms with E-state index >= 15 is 0 Å². The Morgan fingerprint density at radius 2 is 1.88 bits per heavy atom. The van der Waals surface area contributed by atoms with Crippen molar-refractivity contribution < 1.29 is 26.7 Å². The highest BCUT2D eigenvalue weighted by Gasteiger charge is 2.23. The van der Waals surface area contributed by atoms with Gasteiger partial charge in [-0.3, -0.25) is 9.78 Å². The van der Waals surface area contributed by atoms with E-state index in [1.54, 1.807) is 0 Å². The van der Waals surface area contributed by atoms with Crippen LogP contribution in [0.2, 0.25) is 0 Å². The molecule has 3 aromatic rings. The van der Waals surface area contributed by atoms with E-state index in [0.29, 0.717) is 17.7 Å². The fraction of sp³-hybridized carbons (Fsp3) is 0.182. The molecule has 1 heterocycles. The van der Waals surface area contributed by atoms with Crippen LogP contribution in [0.5, 0.6) is 5.75 Å². The molecular formula is C22H21F2N3O4S. The second-order valence-corrected chi connectivity index (χ2v) is 8.91. The van der Waals surface area contributed by atoms with Gasteiger partial charge in [0.2, 0.25) is 15.9 Å². The molecule has 10 heteroatoms. The summed E-state index contributed by atoms with van der Waals surface area (Å²) < 4.78 is 56.2. The minimum atomic E-state index is -3.89. The number of carbonyl (C=O) groups is 1. The fourth-order valence-electron chi connectivity index (χ4n) is 2.99. The Balaban J connectivity index is 1.74. The Morgan fingerprint density at radius 1 is 1.12 bits per heavy atom. The summed E-state index contributed by atoms with van der Waals surface area (Å²) in [7, 11) is -2.61. The van der Waals surface area contributed by atoms with Crippen LogP contribution < -0.4 is 10.1 Å². The topological polar surface area (TPSA) is 88.6 Å². The second kappa shape index (κ2) is 10.3. The first kappa shape index (κ1) is 23.3. The smallest absolute Gasteiger partial charge is 0.387 e. The van der Waals surface area contributed by atoms with Crippen LogP contribution in [0.4, 0.5) is 14.5 Å². The Morgan fingerprint density at radius 3 is 2.53 bits per heavy atom. The van der Waals surface area contributed by atoms with Gasteiger partial charge in [0, 0.05) is 37.1 Å². The van der Waals surface area contributed by atoms with E-state index in [1.165, 1.54) is 49.8 Å². The molecule has 0 aliphatic heterocycles. The molecule has 0 radical (unpaired) electrons. The van der Waals surface area contributed by atoms with E-state index in [2.05, 4.69) is 15.0 Å². The van der Waals surface area contributed by atoms with Gasteiger partial charge in [-0.25, -0.2) is 8.42 Å². The van der Waals surface area contributed by atoms with E-state index in [0.717, 1.165) is 9.87 Å². The molecule has 0 aliphatic carbocycles. The van der Waals surface area contributed by atoms with Gasteiger partial charge in [0.05, 0.1) is 6.54 Å². The standard InChI is InChI=1S/C22H21F2N3O4S/c1-27(32(29,30)19-8-5-11-25-14-19)15-21(28)26-18-9-10-20(31-22(23)24)17(13-18)12-16-6-3-2-4-7-16/h2-11,13-14,22H,12,15H2,1H3,(H,26,28). The highest BCUT2D eigenvalue weighted by atomic mass is 32.2. The number of aromatic nitrogens is 1. The number of sulfonamides is 1. The summed E-state index contributed by atoms with van der Waals surface area (Å²) in [6, 6.07) is 16.3. The van der Waals surface area contributed by atoms with E-state index < -0.39 is 29.1 Å². The first-order valence-corrected chi connectivity index (χ1v) is 11.0. The number of pyridine rings is 1. The van der Waals surface area contributed by atoms with Gasteiger partial charge in [0.25, 0.3) is 0 Å². The molecule has 2 aromatic carbocycles. The average molecular weight is 461 g/mol. The summed E-state index contributed by atoms with van der Waals surface area (Å²) in [6.07, 6.45) is 2.95. The first-order chi connectivity index (χ1) is 15.3. The van der Waals surface area contributed by atoms with Crippen molar-refractivity contribution in [2.45, 2.75) is 17.9 Å². The van der Waals surface area contributed by atoms with Gasteiger partial charge in [-0.2, -0.15) is 13.1 Å². The number of carbonyl (C=O) groups excluding carboxylic acids is 1. The van der Waals surface area contributed by atoms with Crippen LogP contribution >= 0.6 is 0 Å². The number of hydrogen-bond donors (Lipinski definition) is 1. The zero-order valence-corrected chi connectivity index (χ0v) is 17.9. The van der Waals surface area contributed by atoms with Gasteiger partial charge in [-0.05, 0) is 35.9 Å². The molecular weight excluding hydrogens is 440 g/mol. The zero-order valence-electron chi connectivity index (χ0n) is 17.1. The molecule has 32 heavy (non-hydrogen) atoms. The maximum atomic E-state index is 12.8. The van der Waals surface area contributed by atoms with E-state index in [4.69, 9.17) is 0 Å². The Labute approximate surface area is 184 Å². The van der Waals surface area contributed by atoms with Gasteiger partial charge in [0.1, 0.15) is 10.6 Å². The molecule has 0 saturated carbocycles. The van der Waals surface area contributed by atoms with E-state index in [-0.39, 0.29) is 10.6 Å². The summed E-state index contributed by atoms with van der Waals surface area (Å²) >= 11 is 0. The van der Waals surface area contributed by atoms with Gasteiger partial charge in [0.15, 0.2) is 0 Å². The lowest BCUT2D eigenvalue weighted by Crippen LogP contribution is -2.35. The number of ether oxygens (including phenoxy) is 1. The molecule has 3 rings (SSSR count). The van der Waals surface area contributed by atoms with E-state index in [1.807, 2.05) is 30.3 Å². The maximum Gasteiger partial charge on any atom is 0.387 e. The first-order valence-electron chi connectivity index (χ1n) is 9.53. The molecule has 168 valence electrons. The van der Waals surface area contributed by atoms with Crippen LogP contribution in [-0.4, -0.2) is 43.8 Å². The maximum absolute atomic E-state index is 12.8. The van der Waals surface area contributed by atoms with Gasteiger partial charge >= 0.3 is 6.61 Å². The van der Waals surface area contributed by atoms with Gasteiger partial charge in [-0.15, -0.1) is 0 Å². The number of amides is 1. The molecule has 1 aromatic heterocycles. The predicted molar refractivity (Wildman–Crippen MR) is 115 cm³/mol. The molecule has 1 amide bonds. The van der Waals surface area contributed by atoms with Crippen LogP contribution in [0, 0.1) is 0 Å².